The van der Waals surface area contributed by atoms with Crippen molar-refractivity contribution in [1.29, 1.82) is 0 Å². The van der Waals surface area contributed by atoms with E-state index >= 15 is 0 Å². The fourth-order valence-corrected chi connectivity index (χ4v) is 2.86. The van der Waals surface area contributed by atoms with Gasteiger partial charge in [-0.3, -0.25) is 9.59 Å². The monoisotopic (exact) mass is 380 g/mol. The number of aryl methyl sites for hydroxylation is 1. The molecule has 0 radical (unpaired) electrons. The quantitative estimate of drug-likeness (QED) is 0.483. The van der Waals surface area contributed by atoms with Crippen molar-refractivity contribution in [1.82, 2.24) is 9.78 Å². The number of nitrogens with zero attached hydrogens (tertiary/aromatic N) is 2. The van der Waals surface area contributed by atoms with E-state index in [0.717, 1.165) is 0 Å². The number of esters is 1. The number of benzene rings is 2. The molecular weight excluding hydrogens is 360 g/mol. The molecule has 1 aromatic heterocycles. The molecule has 0 saturated heterocycles. The van der Waals surface area contributed by atoms with Gasteiger partial charge in [0, 0.05) is 17.5 Å². The number of aromatic nitrogens is 2. The van der Waals surface area contributed by atoms with Crippen molar-refractivity contribution in [3.05, 3.63) is 70.1 Å². The zero-order valence-corrected chi connectivity index (χ0v) is 15.8. The number of hydrogen-bond donors (Lipinski definition) is 0. The molecule has 0 fully saturated rings. The van der Waals surface area contributed by atoms with Gasteiger partial charge in [-0.1, -0.05) is 18.2 Å². The Bertz CT molecular complexity index is 1090. The summed E-state index contributed by atoms with van der Waals surface area (Å²) in [5.74, 6) is -0.476. The number of rotatable bonds is 6. The van der Waals surface area contributed by atoms with Crippen molar-refractivity contribution in [2.75, 3.05) is 7.11 Å². The Morgan fingerprint density at radius 3 is 2.32 bits per heavy atom. The first-order valence-electron chi connectivity index (χ1n) is 8.85. The second kappa shape index (κ2) is 8.04. The summed E-state index contributed by atoms with van der Waals surface area (Å²) in [6.45, 7) is 3.57. The Kier molecular flexibility index (Phi) is 5.54. The lowest BCUT2D eigenvalue weighted by Gasteiger charge is -2.14. The largest absolute Gasteiger partial charge is 0.497 e. The van der Waals surface area contributed by atoms with Crippen LogP contribution < -0.4 is 10.3 Å². The predicted molar refractivity (Wildman–Crippen MR) is 104 cm³/mol. The van der Waals surface area contributed by atoms with Crippen molar-refractivity contribution >= 4 is 22.5 Å². The summed E-state index contributed by atoms with van der Waals surface area (Å²) in [4.78, 5) is 37.7. The molecule has 0 aliphatic carbocycles. The Morgan fingerprint density at radius 2 is 1.71 bits per heavy atom. The molecule has 3 aromatic rings. The van der Waals surface area contributed by atoms with Crippen molar-refractivity contribution in [2.45, 2.75) is 26.5 Å². The van der Waals surface area contributed by atoms with Crippen LogP contribution in [-0.4, -0.2) is 34.7 Å². The van der Waals surface area contributed by atoms with Gasteiger partial charge in [0.25, 0.3) is 5.56 Å². The molecular formula is C21H20N2O5. The van der Waals surface area contributed by atoms with Crippen molar-refractivity contribution in [3.8, 4) is 5.75 Å². The highest BCUT2D eigenvalue weighted by Gasteiger charge is 2.24. The van der Waals surface area contributed by atoms with Crippen LogP contribution in [0.2, 0.25) is 0 Å². The van der Waals surface area contributed by atoms with Crippen LogP contribution in [0.5, 0.6) is 5.75 Å². The maximum absolute atomic E-state index is 12.7. The first-order valence-corrected chi connectivity index (χ1v) is 8.85. The van der Waals surface area contributed by atoms with Gasteiger partial charge in [0.15, 0.2) is 11.8 Å². The number of hydrogen-bond acceptors (Lipinski definition) is 6. The second-order valence-corrected chi connectivity index (χ2v) is 6.16. The summed E-state index contributed by atoms with van der Waals surface area (Å²) in [7, 11) is 1.54. The van der Waals surface area contributed by atoms with Crippen LogP contribution in [0.3, 0.4) is 0 Å². The molecule has 1 atom stereocenters. The lowest BCUT2D eigenvalue weighted by molar-refractivity contribution is 0.0313. The van der Waals surface area contributed by atoms with E-state index in [1.807, 2.05) is 0 Å². The van der Waals surface area contributed by atoms with Gasteiger partial charge in [0.1, 0.15) is 5.75 Å². The van der Waals surface area contributed by atoms with E-state index < -0.39 is 12.1 Å². The fourth-order valence-electron chi connectivity index (χ4n) is 2.86. The molecule has 0 unspecified atom stereocenters. The highest BCUT2D eigenvalue weighted by Crippen LogP contribution is 2.17. The Labute approximate surface area is 161 Å². The van der Waals surface area contributed by atoms with E-state index in [9.17, 15) is 14.4 Å². The van der Waals surface area contributed by atoms with E-state index in [2.05, 4.69) is 5.10 Å². The molecule has 0 amide bonds. The summed E-state index contributed by atoms with van der Waals surface area (Å²) in [5, 5.41) is 4.90. The zero-order chi connectivity index (χ0) is 20.3. The van der Waals surface area contributed by atoms with Gasteiger partial charge in [-0.2, -0.15) is 5.10 Å². The SMILES string of the molecule is CCn1nc(C(=O)O[C@@H](C)C(=O)c2ccc(OC)cc2)c2ccccc2c1=O. The lowest BCUT2D eigenvalue weighted by Crippen LogP contribution is -2.29. The third kappa shape index (κ3) is 3.64. The first-order chi connectivity index (χ1) is 13.5. The van der Waals surface area contributed by atoms with E-state index in [1.54, 1.807) is 55.5 Å². The molecule has 3 rings (SSSR count). The predicted octanol–water partition coefficient (Wildman–Crippen LogP) is 2.85. The molecule has 0 bridgehead atoms. The molecule has 0 saturated carbocycles. The maximum atomic E-state index is 12.7. The normalized spacial score (nSPS) is 11.8. The molecule has 2 aromatic carbocycles. The van der Waals surface area contributed by atoms with Crippen molar-refractivity contribution in [3.63, 3.8) is 0 Å². The molecule has 7 nitrogen and oxygen atoms in total. The van der Waals surface area contributed by atoms with E-state index in [4.69, 9.17) is 9.47 Å². The summed E-state index contributed by atoms with van der Waals surface area (Å²) in [5.41, 5.74) is 0.126. The number of Topliss-reactive ketones (excluding diaryl/α,β-unsaturated/α-hetero) is 1. The fraction of sp³-hybridized carbons (Fsp3) is 0.238. The van der Waals surface area contributed by atoms with Gasteiger partial charge < -0.3 is 9.47 Å². The highest BCUT2D eigenvalue weighted by molar-refractivity contribution is 6.05. The van der Waals surface area contributed by atoms with E-state index in [-0.39, 0.29) is 17.0 Å². The molecule has 0 spiro atoms. The van der Waals surface area contributed by atoms with Crippen LogP contribution >= 0.6 is 0 Å². The summed E-state index contributed by atoms with van der Waals surface area (Å²) < 4.78 is 11.6. The number of ketones is 1. The van der Waals surface area contributed by atoms with Gasteiger partial charge in [0.05, 0.1) is 12.5 Å². The first kappa shape index (κ1) is 19.3. The third-order valence-corrected chi connectivity index (χ3v) is 4.39. The van der Waals surface area contributed by atoms with Crippen molar-refractivity contribution < 1.29 is 19.1 Å². The minimum atomic E-state index is -1.01. The molecule has 0 aliphatic heterocycles. The maximum Gasteiger partial charge on any atom is 0.360 e. The van der Waals surface area contributed by atoms with Crippen molar-refractivity contribution in [2.24, 2.45) is 0 Å². The van der Waals surface area contributed by atoms with E-state index in [1.165, 1.54) is 18.7 Å². The van der Waals surface area contributed by atoms with Gasteiger partial charge in [-0.15, -0.1) is 0 Å². The Hall–Kier alpha value is -3.48. The highest BCUT2D eigenvalue weighted by atomic mass is 16.5. The zero-order valence-electron chi connectivity index (χ0n) is 15.8. The van der Waals surface area contributed by atoms with Crippen LogP contribution in [0, 0.1) is 0 Å². The number of methoxy groups -OCH3 is 1. The number of fused-ring (bicyclic) bond motifs is 1. The van der Waals surface area contributed by atoms with Gasteiger partial charge >= 0.3 is 5.97 Å². The molecule has 1 heterocycles. The van der Waals surface area contributed by atoms with Crippen LogP contribution in [0.15, 0.2) is 53.3 Å². The van der Waals surface area contributed by atoms with Crippen LogP contribution in [-0.2, 0) is 11.3 Å². The van der Waals surface area contributed by atoms with Crippen LogP contribution in [0.4, 0.5) is 0 Å². The average Bonchev–Trinajstić information content (AvgIpc) is 2.73. The van der Waals surface area contributed by atoms with Gasteiger partial charge in [-0.25, -0.2) is 9.48 Å². The summed E-state index contributed by atoms with van der Waals surface area (Å²) in [6.07, 6.45) is -1.01. The average molecular weight is 380 g/mol. The van der Waals surface area contributed by atoms with E-state index in [0.29, 0.717) is 28.6 Å². The van der Waals surface area contributed by atoms with Gasteiger partial charge in [-0.05, 0) is 44.2 Å². The smallest absolute Gasteiger partial charge is 0.360 e. The summed E-state index contributed by atoms with van der Waals surface area (Å²) in [6, 6.07) is 13.2. The summed E-state index contributed by atoms with van der Waals surface area (Å²) >= 11 is 0. The van der Waals surface area contributed by atoms with Gasteiger partial charge in [0.2, 0.25) is 5.78 Å². The number of carbonyl (C=O) groups is 2. The topological polar surface area (TPSA) is 87.5 Å². The molecule has 0 aliphatic rings. The third-order valence-electron chi connectivity index (χ3n) is 4.39. The molecule has 28 heavy (non-hydrogen) atoms. The second-order valence-electron chi connectivity index (χ2n) is 6.16. The molecule has 144 valence electrons. The molecule has 0 N–H and O–H groups in total. The number of carbonyl (C=O) groups excluding carboxylic acids is 2. The number of ether oxygens (including phenoxy) is 2. The minimum absolute atomic E-state index is 0.00595. The Balaban J connectivity index is 1.89. The Morgan fingerprint density at radius 1 is 1.07 bits per heavy atom. The molecule has 7 heteroatoms. The standard InChI is InChI=1S/C21H20N2O5/c1-4-23-20(25)17-8-6-5-7-16(17)18(22-23)21(26)28-13(2)19(24)14-9-11-15(27-3)12-10-14/h5-13H,4H2,1-3H3/t13-/m0/s1. The van der Waals surface area contributed by atoms with Crippen LogP contribution in [0.25, 0.3) is 10.8 Å². The lowest BCUT2D eigenvalue weighted by atomic mass is 10.1. The minimum Gasteiger partial charge on any atom is -0.497 e. The van der Waals surface area contributed by atoms with Crippen LogP contribution in [0.1, 0.15) is 34.7 Å².